The van der Waals surface area contributed by atoms with Gasteiger partial charge in [-0.2, -0.15) is 15.0 Å². The van der Waals surface area contributed by atoms with Gasteiger partial charge >= 0.3 is 0 Å². The fourth-order valence-corrected chi connectivity index (χ4v) is 1.03. The molecule has 0 aliphatic heterocycles. The summed E-state index contributed by atoms with van der Waals surface area (Å²) in [6.45, 7) is 6.76. The van der Waals surface area contributed by atoms with Crippen LogP contribution < -0.4 is 32.6 Å². The van der Waals surface area contributed by atoms with Crippen molar-refractivity contribution in [3.8, 4) is 0 Å². The van der Waals surface area contributed by atoms with Gasteiger partial charge in [0.25, 0.3) is 0 Å². The van der Waals surface area contributed by atoms with Crippen molar-refractivity contribution in [3.63, 3.8) is 0 Å². The maximum absolute atomic E-state index is 4.19. The number of rotatable bonds is 8. The molecule has 0 aromatic carbocycles. The molecule has 0 saturated carbocycles. The standard InChI is InChI=1S/C9H21N9/c1-5-11-17-8-12-7(16-10-4)13-9(14-8)18-15-6(2)3/h6,10-11,15H,5H2,1-4H3,(H3,12,13,14,16,17,18). The average molecular weight is 255 g/mol. The summed E-state index contributed by atoms with van der Waals surface area (Å²) in [5.41, 5.74) is 17.3. The van der Waals surface area contributed by atoms with Gasteiger partial charge in [-0.15, -0.1) is 0 Å². The Morgan fingerprint density at radius 1 is 0.944 bits per heavy atom. The van der Waals surface area contributed by atoms with Gasteiger partial charge in [0.1, 0.15) is 0 Å². The minimum Gasteiger partial charge on any atom is -0.290 e. The molecule has 0 amide bonds. The summed E-state index contributed by atoms with van der Waals surface area (Å²) in [5, 5.41) is 0. The van der Waals surface area contributed by atoms with E-state index in [4.69, 9.17) is 0 Å². The van der Waals surface area contributed by atoms with Gasteiger partial charge in [0.05, 0.1) is 0 Å². The molecule has 0 aliphatic carbocycles. The zero-order valence-electron chi connectivity index (χ0n) is 11.1. The fourth-order valence-electron chi connectivity index (χ4n) is 1.03. The van der Waals surface area contributed by atoms with Crippen molar-refractivity contribution in [2.45, 2.75) is 26.8 Å². The van der Waals surface area contributed by atoms with Crippen LogP contribution in [0.25, 0.3) is 0 Å². The summed E-state index contributed by atoms with van der Waals surface area (Å²) >= 11 is 0. The van der Waals surface area contributed by atoms with E-state index < -0.39 is 0 Å². The van der Waals surface area contributed by atoms with Crippen LogP contribution in [0.1, 0.15) is 20.8 Å². The van der Waals surface area contributed by atoms with E-state index in [9.17, 15) is 0 Å². The molecule has 0 saturated heterocycles. The highest BCUT2D eigenvalue weighted by Crippen LogP contribution is 2.07. The second-order valence-corrected chi connectivity index (χ2v) is 3.76. The van der Waals surface area contributed by atoms with Gasteiger partial charge in [-0.1, -0.05) is 6.92 Å². The van der Waals surface area contributed by atoms with Crippen molar-refractivity contribution in [1.29, 1.82) is 0 Å². The third-order valence-electron chi connectivity index (χ3n) is 1.72. The Balaban J connectivity index is 2.76. The lowest BCUT2D eigenvalue weighted by Crippen LogP contribution is -2.31. The highest BCUT2D eigenvalue weighted by Gasteiger charge is 2.05. The Labute approximate surface area is 106 Å². The first kappa shape index (κ1) is 14.4. The maximum atomic E-state index is 4.19. The molecule has 0 bridgehead atoms. The van der Waals surface area contributed by atoms with Gasteiger partial charge in [0, 0.05) is 19.6 Å². The molecule has 6 N–H and O–H groups in total. The van der Waals surface area contributed by atoms with Gasteiger partial charge in [0.15, 0.2) is 0 Å². The number of anilines is 3. The molecule has 0 radical (unpaired) electrons. The highest BCUT2D eigenvalue weighted by atomic mass is 15.5. The topological polar surface area (TPSA) is 111 Å². The van der Waals surface area contributed by atoms with Gasteiger partial charge in [-0.05, 0) is 13.8 Å². The van der Waals surface area contributed by atoms with Crippen LogP contribution in [-0.4, -0.2) is 34.6 Å². The van der Waals surface area contributed by atoms with E-state index in [-0.39, 0.29) is 6.04 Å². The zero-order valence-corrected chi connectivity index (χ0v) is 11.1. The molecule has 0 spiro atoms. The SMILES string of the molecule is CCNNc1nc(NNC)nc(NNC(C)C)n1. The third kappa shape index (κ3) is 5.08. The summed E-state index contributed by atoms with van der Waals surface area (Å²) in [6, 6.07) is 0.271. The molecule has 1 aromatic heterocycles. The molecule has 1 aromatic rings. The predicted molar refractivity (Wildman–Crippen MR) is 71.7 cm³/mol. The number of aromatic nitrogens is 3. The van der Waals surface area contributed by atoms with Crippen molar-refractivity contribution in [2.24, 2.45) is 0 Å². The fraction of sp³-hybridized carbons (Fsp3) is 0.667. The number of hydrogen-bond donors (Lipinski definition) is 6. The molecule has 1 rings (SSSR count). The third-order valence-corrected chi connectivity index (χ3v) is 1.72. The van der Waals surface area contributed by atoms with E-state index >= 15 is 0 Å². The predicted octanol–water partition coefficient (Wildman–Crippen LogP) is -0.321. The van der Waals surface area contributed by atoms with Crippen LogP contribution in [0.15, 0.2) is 0 Å². The maximum Gasteiger partial charge on any atom is 0.244 e. The van der Waals surface area contributed by atoms with Gasteiger partial charge in [-0.25, -0.2) is 16.3 Å². The Kier molecular flexibility index (Phi) is 6.05. The molecule has 9 heteroatoms. The smallest absolute Gasteiger partial charge is 0.244 e. The van der Waals surface area contributed by atoms with Crippen molar-refractivity contribution in [3.05, 3.63) is 0 Å². The molecule has 18 heavy (non-hydrogen) atoms. The second-order valence-electron chi connectivity index (χ2n) is 3.76. The summed E-state index contributed by atoms with van der Waals surface area (Å²) in [7, 11) is 1.74. The van der Waals surface area contributed by atoms with Crippen molar-refractivity contribution >= 4 is 17.8 Å². The molecule has 1 heterocycles. The van der Waals surface area contributed by atoms with Crippen LogP contribution >= 0.6 is 0 Å². The summed E-state index contributed by atoms with van der Waals surface area (Å²) < 4.78 is 0. The van der Waals surface area contributed by atoms with E-state index in [1.165, 1.54) is 0 Å². The molecule has 0 fully saturated rings. The molecular formula is C9H21N9. The van der Waals surface area contributed by atoms with Crippen molar-refractivity contribution in [1.82, 2.24) is 31.2 Å². The van der Waals surface area contributed by atoms with Gasteiger partial charge in [-0.3, -0.25) is 16.3 Å². The molecule has 9 nitrogen and oxygen atoms in total. The van der Waals surface area contributed by atoms with Gasteiger partial charge in [0.2, 0.25) is 17.8 Å². The minimum atomic E-state index is 0.271. The largest absolute Gasteiger partial charge is 0.290 e. The van der Waals surface area contributed by atoms with Crippen LogP contribution in [0.2, 0.25) is 0 Å². The Bertz CT molecular complexity index is 354. The normalized spacial score (nSPS) is 10.5. The lowest BCUT2D eigenvalue weighted by molar-refractivity contribution is 0.652. The second kappa shape index (κ2) is 7.58. The van der Waals surface area contributed by atoms with Crippen LogP contribution in [-0.2, 0) is 0 Å². The first-order valence-electron chi connectivity index (χ1n) is 5.85. The van der Waals surface area contributed by atoms with E-state index in [1.807, 2.05) is 20.8 Å². The summed E-state index contributed by atoms with van der Waals surface area (Å²) in [5.74, 6) is 1.27. The highest BCUT2D eigenvalue weighted by molar-refractivity contribution is 5.40. The molecule has 0 aliphatic rings. The first-order valence-corrected chi connectivity index (χ1v) is 5.85. The number of hydrazine groups is 3. The molecule has 0 atom stereocenters. The molecule has 102 valence electrons. The van der Waals surface area contributed by atoms with Crippen molar-refractivity contribution < 1.29 is 0 Å². The lowest BCUT2D eigenvalue weighted by atomic mass is 10.4. The van der Waals surface area contributed by atoms with Crippen LogP contribution in [0, 0.1) is 0 Å². The number of nitrogens with one attached hydrogen (secondary N) is 6. The monoisotopic (exact) mass is 255 g/mol. The van der Waals surface area contributed by atoms with E-state index in [1.54, 1.807) is 7.05 Å². The molecular weight excluding hydrogens is 234 g/mol. The quantitative estimate of drug-likeness (QED) is 0.348. The lowest BCUT2D eigenvalue weighted by Gasteiger charge is -2.12. The Morgan fingerprint density at radius 3 is 2.00 bits per heavy atom. The number of hydrogen-bond acceptors (Lipinski definition) is 9. The zero-order chi connectivity index (χ0) is 13.4. The average Bonchev–Trinajstić information content (AvgIpc) is 2.34. The van der Waals surface area contributed by atoms with Crippen molar-refractivity contribution in [2.75, 3.05) is 29.9 Å². The number of nitrogens with zero attached hydrogens (tertiary/aromatic N) is 3. The van der Waals surface area contributed by atoms with E-state index in [0.717, 1.165) is 6.54 Å². The van der Waals surface area contributed by atoms with Crippen LogP contribution in [0.4, 0.5) is 17.8 Å². The van der Waals surface area contributed by atoms with E-state index in [2.05, 4.69) is 47.5 Å². The summed E-state index contributed by atoms with van der Waals surface area (Å²) in [6.07, 6.45) is 0. The minimum absolute atomic E-state index is 0.271. The molecule has 0 unspecified atom stereocenters. The van der Waals surface area contributed by atoms with E-state index in [0.29, 0.717) is 17.8 Å². The Hall–Kier alpha value is -1.71. The van der Waals surface area contributed by atoms with Gasteiger partial charge < -0.3 is 0 Å². The van der Waals surface area contributed by atoms with Crippen LogP contribution in [0.3, 0.4) is 0 Å². The first-order chi connectivity index (χ1) is 8.65. The summed E-state index contributed by atoms with van der Waals surface area (Å²) in [4.78, 5) is 12.5. The van der Waals surface area contributed by atoms with Crippen LogP contribution in [0.5, 0.6) is 0 Å². The Morgan fingerprint density at radius 2 is 1.50 bits per heavy atom.